The smallest absolute Gasteiger partial charge is 0.0442 e. The minimum Gasteiger partial charge on any atom is -0.0761 e. The van der Waals surface area contributed by atoms with E-state index in [0.29, 0.717) is 0 Å². The highest BCUT2D eigenvalue weighted by Gasteiger charge is 2.11. The van der Waals surface area contributed by atoms with Gasteiger partial charge in [-0.2, -0.15) is 0 Å². The summed E-state index contributed by atoms with van der Waals surface area (Å²) in [4.78, 5) is 0. The maximum absolute atomic E-state index is 2.45. The fourth-order valence-corrected chi connectivity index (χ4v) is 3.78. The molecule has 0 heterocycles. The summed E-state index contributed by atoms with van der Waals surface area (Å²) in [6.45, 7) is 7.35. The van der Waals surface area contributed by atoms with E-state index in [0.717, 1.165) is 0 Å². The van der Waals surface area contributed by atoms with Gasteiger partial charge in [-0.05, 0) is 23.1 Å². The highest BCUT2D eigenvalue weighted by Crippen LogP contribution is 2.24. The summed E-state index contributed by atoms with van der Waals surface area (Å²) < 4.78 is 0. The number of benzene rings is 2. The standard InChI is InChI=1S/C20H26Si/c1-21(2,3)17-11-10-16-20(18-12-6-4-7-13-18)19-14-8-5-9-15-19/h4-9,12-16H,10-11,17H2,1-3H3. The largest absolute Gasteiger partial charge is 0.0761 e. The monoisotopic (exact) mass is 294 g/mol. The molecule has 2 aromatic carbocycles. The highest BCUT2D eigenvalue weighted by atomic mass is 28.3. The molecule has 1 heteroatoms. The summed E-state index contributed by atoms with van der Waals surface area (Å²) >= 11 is 0. The van der Waals surface area contributed by atoms with Crippen LogP contribution in [0, 0.1) is 0 Å². The Bertz CT molecular complexity index is 520. The van der Waals surface area contributed by atoms with E-state index in [4.69, 9.17) is 0 Å². The number of hydrogen-bond donors (Lipinski definition) is 0. The third-order valence-electron chi connectivity index (χ3n) is 3.65. The minimum atomic E-state index is -0.917. The normalized spacial score (nSPS) is 11.2. The van der Waals surface area contributed by atoms with Crippen LogP contribution in [0.3, 0.4) is 0 Å². The van der Waals surface area contributed by atoms with Crippen molar-refractivity contribution in [3.05, 3.63) is 77.9 Å². The van der Waals surface area contributed by atoms with Crippen LogP contribution in [-0.4, -0.2) is 8.07 Å². The lowest BCUT2D eigenvalue weighted by molar-refractivity contribution is 0.935. The Morgan fingerprint density at radius 1 is 0.810 bits per heavy atom. The van der Waals surface area contributed by atoms with Gasteiger partial charge in [0.1, 0.15) is 0 Å². The van der Waals surface area contributed by atoms with Crippen LogP contribution in [0.1, 0.15) is 24.0 Å². The molecule has 0 fully saturated rings. The maximum Gasteiger partial charge on any atom is 0.0442 e. The molecule has 110 valence electrons. The van der Waals surface area contributed by atoms with Gasteiger partial charge in [0.05, 0.1) is 0 Å². The average molecular weight is 295 g/mol. The van der Waals surface area contributed by atoms with Gasteiger partial charge in [0, 0.05) is 8.07 Å². The van der Waals surface area contributed by atoms with E-state index in [-0.39, 0.29) is 0 Å². The second kappa shape index (κ2) is 7.42. The Morgan fingerprint density at radius 3 is 1.71 bits per heavy atom. The molecule has 0 saturated heterocycles. The van der Waals surface area contributed by atoms with Crippen molar-refractivity contribution in [1.29, 1.82) is 0 Å². The van der Waals surface area contributed by atoms with Crippen LogP contribution in [0.4, 0.5) is 0 Å². The SMILES string of the molecule is C[Si](C)(C)CCCC=C(c1ccccc1)c1ccccc1. The lowest BCUT2D eigenvalue weighted by Gasteiger charge is -2.15. The second-order valence-electron chi connectivity index (χ2n) is 6.80. The van der Waals surface area contributed by atoms with Crippen LogP contribution in [0.5, 0.6) is 0 Å². The summed E-state index contributed by atoms with van der Waals surface area (Å²) in [7, 11) is -0.917. The molecule has 0 N–H and O–H groups in total. The molecule has 0 bridgehead atoms. The fraction of sp³-hybridized carbons (Fsp3) is 0.300. The molecule has 0 nitrogen and oxygen atoms in total. The third kappa shape index (κ3) is 5.35. The van der Waals surface area contributed by atoms with E-state index in [9.17, 15) is 0 Å². The first-order chi connectivity index (χ1) is 10.1. The molecule has 0 aliphatic heterocycles. The zero-order chi connectivity index (χ0) is 15.1. The van der Waals surface area contributed by atoms with Crippen molar-refractivity contribution in [3.8, 4) is 0 Å². The number of allylic oxidation sites excluding steroid dienone is 1. The van der Waals surface area contributed by atoms with Gasteiger partial charge in [-0.3, -0.25) is 0 Å². The molecular formula is C20H26Si. The van der Waals surface area contributed by atoms with Crippen molar-refractivity contribution in [2.24, 2.45) is 0 Å². The predicted molar refractivity (Wildman–Crippen MR) is 97.4 cm³/mol. The van der Waals surface area contributed by atoms with Gasteiger partial charge >= 0.3 is 0 Å². The Labute approximate surface area is 130 Å². The average Bonchev–Trinajstić information content (AvgIpc) is 2.48. The van der Waals surface area contributed by atoms with Crippen LogP contribution in [0.2, 0.25) is 25.7 Å². The van der Waals surface area contributed by atoms with E-state index in [1.54, 1.807) is 0 Å². The molecule has 2 aromatic rings. The topological polar surface area (TPSA) is 0 Å². The summed E-state index contributed by atoms with van der Waals surface area (Å²) in [5, 5.41) is 0. The second-order valence-corrected chi connectivity index (χ2v) is 12.4. The molecule has 2 rings (SSSR count). The molecule has 0 aliphatic carbocycles. The van der Waals surface area contributed by atoms with Crippen molar-refractivity contribution < 1.29 is 0 Å². The first-order valence-corrected chi connectivity index (χ1v) is 11.6. The number of unbranched alkanes of at least 4 members (excludes halogenated alkanes) is 1. The van der Waals surface area contributed by atoms with E-state index < -0.39 is 8.07 Å². The predicted octanol–water partition coefficient (Wildman–Crippen LogP) is 6.24. The van der Waals surface area contributed by atoms with Gasteiger partial charge in [0.15, 0.2) is 0 Å². The lowest BCUT2D eigenvalue weighted by atomic mass is 9.97. The summed E-state index contributed by atoms with van der Waals surface area (Å²) in [5.74, 6) is 0. The number of hydrogen-bond acceptors (Lipinski definition) is 0. The first-order valence-electron chi connectivity index (χ1n) is 7.87. The van der Waals surface area contributed by atoms with Gasteiger partial charge in [-0.15, -0.1) is 0 Å². The van der Waals surface area contributed by atoms with Gasteiger partial charge < -0.3 is 0 Å². The van der Waals surface area contributed by atoms with E-state index in [2.05, 4.69) is 86.4 Å². The molecule has 0 amide bonds. The van der Waals surface area contributed by atoms with Crippen molar-refractivity contribution >= 4 is 13.6 Å². The molecular weight excluding hydrogens is 268 g/mol. The summed E-state index contributed by atoms with van der Waals surface area (Å²) in [5.41, 5.74) is 4.00. The van der Waals surface area contributed by atoms with Gasteiger partial charge in [0.2, 0.25) is 0 Å². The molecule has 0 saturated carbocycles. The molecule has 0 aromatic heterocycles. The highest BCUT2D eigenvalue weighted by molar-refractivity contribution is 6.76. The third-order valence-corrected chi connectivity index (χ3v) is 5.50. The minimum absolute atomic E-state index is 0.917. The van der Waals surface area contributed by atoms with Gasteiger partial charge in [-0.25, -0.2) is 0 Å². The number of rotatable bonds is 6. The summed E-state index contributed by atoms with van der Waals surface area (Å²) in [6, 6.07) is 22.9. The zero-order valence-electron chi connectivity index (χ0n) is 13.5. The molecule has 0 aliphatic rings. The molecule has 0 spiro atoms. The van der Waals surface area contributed by atoms with E-state index in [1.165, 1.54) is 35.6 Å². The molecule has 0 unspecified atom stereocenters. The Morgan fingerprint density at radius 2 is 1.29 bits per heavy atom. The van der Waals surface area contributed by atoms with Crippen molar-refractivity contribution in [2.45, 2.75) is 38.5 Å². The van der Waals surface area contributed by atoms with E-state index in [1.807, 2.05) is 0 Å². The van der Waals surface area contributed by atoms with Gasteiger partial charge in [-0.1, -0.05) is 98.8 Å². The quantitative estimate of drug-likeness (QED) is 0.437. The molecule has 0 radical (unpaired) electrons. The van der Waals surface area contributed by atoms with Crippen molar-refractivity contribution in [1.82, 2.24) is 0 Å². The fourth-order valence-electron chi connectivity index (χ4n) is 2.52. The Kier molecular flexibility index (Phi) is 5.57. The van der Waals surface area contributed by atoms with Crippen LogP contribution < -0.4 is 0 Å². The maximum atomic E-state index is 2.45. The van der Waals surface area contributed by atoms with Crippen molar-refractivity contribution in [2.75, 3.05) is 0 Å². The first kappa shape index (κ1) is 15.8. The van der Waals surface area contributed by atoms with Crippen molar-refractivity contribution in [3.63, 3.8) is 0 Å². The lowest BCUT2D eigenvalue weighted by Crippen LogP contribution is -2.18. The van der Waals surface area contributed by atoms with Crippen LogP contribution in [-0.2, 0) is 0 Å². The molecule has 0 atom stereocenters. The summed E-state index contributed by atoms with van der Waals surface area (Å²) in [6.07, 6.45) is 4.90. The Balaban J connectivity index is 2.17. The van der Waals surface area contributed by atoms with Gasteiger partial charge in [0.25, 0.3) is 0 Å². The molecule has 21 heavy (non-hydrogen) atoms. The van der Waals surface area contributed by atoms with E-state index >= 15 is 0 Å². The zero-order valence-corrected chi connectivity index (χ0v) is 14.5. The van der Waals surface area contributed by atoms with Crippen LogP contribution >= 0.6 is 0 Å². The van der Waals surface area contributed by atoms with Crippen LogP contribution in [0.25, 0.3) is 5.57 Å². The Hall–Kier alpha value is -1.60. The van der Waals surface area contributed by atoms with Crippen LogP contribution in [0.15, 0.2) is 66.7 Å².